The van der Waals surface area contributed by atoms with Gasteiger partial charge in [0.2, 0.25) is 0 Å². The van der Waals surface area contributed by atoms with Gasteiger partial charge in [-0.1, -0.05) is 55.0 Å². The van der Waals surface area contributed by atoms with Gasteiger partial charge >= 0.3 is 0 Å². The quantitative estimate of drug-likeness (QED) is 0.0399. The smallest absolute Gasteiger partial charge is 0.149 e. The fourth-order valence-electron chi connectivity index (χ4n) is 23.8. The Morgan fingerprint density at radius 1 is 0.747 bits per heavy atom. The first-order valence-electron chi connectivity index (χ1n) is 35.3. The number of hydrogen-bond acceptors (Lipinski definition) is 13. The van der Waals surface area contributed by atoms with Gasteiger partial charge in [-0.25, -0.2) is 0 Å². The van der Waals surface area contributed by atoms with Gasteiger partial charge < -0.3 is 54.0 Å². The molecular weight excluding hydrogens is 1140 g/mol. The largest absolute Gasteiger partial charge is 0.508 e. The number of aliphatic hydroxyl groups is 2. The molecule has 6 bridgehead atoms. The monoisotopic (exact) mass is 1230 g/mol. The zero-order valence-corrected chi connectivity index (χ0v) is 52.7. The third kappa shape index (κ3) is 8.69. The maximum Gasteiger partial charge on any atom is 0.149 e. The lowest BCUT2D eigenvalue weighted by Crippen LogP contribution is -2.83. The van der Waals surface area contributed by atoms with Gasteiger partial charge in [-0.15, -0.1) is 0 Å². The summed E-state index contributed by atoms with van der Waals surface area (Å²) in [4.78, 5) is 0. The van der Waals surface area contributed by atoms with Crippen molar-refractivity contribution in [2.24, 2.45) is 69.5 Å². The Kier molecular flexibility index (Phi) is 13.6. The van der Waals surface area contributed by atoms with Crippen LogP contribution in [0.25, 0.3) is 21.9 Å². The molecule has 9 fully saturated rings. The number of methoxy groups -OCH3 is 1. The number of phenols is 3. The first-order chi connectivity index (χ1) is 44.4. The van der Waals surface area contributed by atoms with E-state index in [9.17, 15) is 25.5 Å². The van der Waals surface area contributed by atoms with Crippen molar-refractivity contribution >= 4 is 10.8 Å². The number of benzene rings is 5. The first kappa shape index (κ1) is 57.7. The van der Waals surface area contributed by atoms with E-state index in [-0.39, 0.29) is 70.8 Å². The first-order valence-corrected chi connectivity index (χ1v) is 35.3. The highest BCUT2D eigenvalue weighted by molar-refractivity contribution is 5.96. The Labute approximate surface area is 535 Å². The van der Waals surface area contributed by atoms with Crippen molar-refractivity contribution in [1.29, 1.82) is 0 Å². The molecule has 13 heteroatoms. The summed E-state index contributed by atoms with van der Waals surface area (Å²) in [6, 6.07) is 24.0. The average Bonchev–Trinajstić information content (AvgIpc) is 1.52. The second kappa shape index (κ2) is 21.5. The van der Waals surface area contributed by atoms with Crippen LogP contribution in [0.4, 0.5) is 0 Å². The van der Waals surface area contributed by atoms with E-state index in [1.165, 1.54) is 77.0 Å². The molecule has 0 amide bonds. The molecule has 18 atom stereocenters. The van der Waals surface area contributed by atoms with Crippen LogP contribution < -0.4 is 29.6 Å². The third-order valence-corrected chi connectivity index (χ3v) is 27.2. The van der Waals surface area contributed by atoms with Crippen LogP contribution >= 0.6 is 0 Å². The summed E-state index contributed by atoms with van der Waals surface area (Å²) in [6.45, 7) is 1.47. The maximum absolute atomic E-state index is 13.8. The summed E-state index contributed by atoms with van der Waals surface area (Å²) in [7, 11) is 1.74. The molecule has 0 aromatic heterocycles. The third-order valence-electron chi connectivity index (χ3n) is 27.2. The molecule has 4 aliphatic heterocycles. The second-order valence-electron chi connectivity index (χ2n) is 31.1. The summed E-state index contributed by atoms with van der Waals surface area (Å²) < 4.78 is 43.0. The lowest BCUT2D eigenvalue weighted by molar-refractivity contribution is -0.211. The Morgan fingerprint density at radius 2 is 1.59 bits per heavy atom. The van der Waals surface area contributed by atoms with Crippen molar-refractivity contribution in [3.05, 3.63) is 113 Å². The predicted molar refractivity (Wildman–Crippen MR) is 345 cm³/mol. The van der Waals surface area contributed by atoms with E-state index in [0.29, 0.717) is 84.1 Å². The van der Waals surface area contributed by atoms with Gasteiger partial charge in [0, 0.05) is 77.8 Å². The van der Waals surface area contributed by atoms with Crippen molar-refractivity contribution in [2.75, 3.05) is 33.5 Å². The van der Waals surface area contributed by atoms with Crippen LogP contribution in [0.1, 0.15) is 163 Å². The number of ether oxygens (including phenoxy) is 6. The van der Waals surface area contributed by atoms with Crippen molar-refractivity contribution in [2.45, 2.75) is 183 Å². The average molecular weight is 1230 g/mol. The van der Waals surface area contributed by atoms with Gasteiger partial charge in [0.05, 0.1) is 54.2 Å². The predicted octanol–water partition coefficient (Wildman–Crippen LogP) is 13.3. The molecule has 91 heavy (non-hydrogen) atoms. The Hall–Kier alpha value is -5.98. The van der Waals surface area contributed by atoms with Crippen LogP contribution in [-0.2, 0) is 15.9 Å². The van der Waals surface area contributed by atoms with Gasteiger partial charge in [-0.05, 0) is 233 Å². The maximum atomic E-state index is 13.8. The summed E-state index contributed by atoms with van der Waals surface area (Å²) in [5.41, 5.74) is 4.66. The molecule has 5 aromatic rings. The van der Waals surface area contributed by atoms with E-state index in [1.54, 1.807) is 43.5 Å². The van der Waals surface area contributed by atoms with Gasteiger partial charge in [-0.2, -0.15) is 0 Å². The molecule has 0 radical (unpaired) electrons. The highest BCUT2D eigenvalue weighted by Crippen LogP contribution is 2.82. The minimum atomic E-state index is -1.08. The molecule has 0 unspecified atom stereocenters. The summed E-state index contributed by atoms with van der Waals surface area (Å²) >= 11 is 0. The topological polar surface area (TPSA) is 181 Å². The zero-order chi connectivity index (χ0) is 61.2. The molecule has 5 spiro atoms. The molecule has 1 saturated heterocycles. The zero-order valence-electron chi connectivity index (χ0n) is 52.7. The van der Waals surface area contributed by atoms with Crippen LogP contribution in [0.5, 0.6) is 40.2 Å². The van der Waals surface area contributed by atoms with Crippen LogP contribution in [0.2, 0.25) is 0 Å². The van der Waals surface area contributed by atoms with Gasteiger partial charge in [0.1, 0.15) is 53.0 Å². The van der Waals surface area contributed by atoms with Crippen LogP contribution in [0.15, 0.2) is 91.0 Å². The molecule has 5 aromatic carbocycles. The molecule has 478 valence electrons. The van der Waals surface area contributed by atoms with Crippen molar-refractivity contribution in [3.8, 4) is 63.2 Å². The van der Waals surface area contributed by atoms with E-state index in [1.807, 2.05) is 30.3 Å². The number of phenolic OH excluding ortho intramolecular Hbond substituents is 3. The number of aromatic hydroxyl groups is 3. The number of fused-ring (bicyclic) bond motifs is 7. The SMILES string of the molecule is COCCC[C@@H]1Oc2c3cc(c4cc(O)ccc24)OCC#C[C@H]2CN[C@]4(CC5(CCCC5)[C@]56CC[C@@]7(CC[C@H]8CC[C@H](C[C@@H]45)[C@H]87)C6)N[C@]24[C@@H]2C=C[C@@H]([C@@H](O)C2)[C@@H]4O[C@@H]3[C@@H]1[C@H]1COc2c(Cc3cc(O)ccc3-c3cccc(O)c3)cc(OC3CCCC3)cc2[C@H]1O. The number of hydrogen-bond donors (Lipinski definition) is 7. The van der Waals surface area contributed by atoms with Gasteiger partial charge in [0.25, 0.3) is 0 Å². The Balaban J connectivity index is 0.795. The van der Waals surface area contributed by atoms with Crippen molar-refractivity contribution < 1.29 is 54.0 Å². The van der Waals surface area contributed by atoms with E-state index in [2.05, 4.69) is 41.4 Å². The van der Waals surface area contributed by atoms with Crippen molar-refractivity contribution in [3.63, 3.8) is 0 Å². The fraction of sp³-hybridized carbons (Fsp3) is 0.590. The van der Waals surface area contributed by atoms with Crippen LogP contribution in [0.3, 0.4) is 0 Å². The molecule has 19 rings (SSSR count). The molecule has 4 heterocycles. The number of aliphatic hydroxyl groups excluding tert-OH is 2. The summed E-state index contributed by atoms with van der Waals surface area (Å²) in [5.74, 6) is 11.5. The molecule has 8 saturated carbocycles. The standard InChI is InChI=1S/C78H90N2O11/c1-86-29-8-14-64-67(62-41-88-70-48(34-55(38-60(70)69(62)85)89-54-12-2-3-13-54)31-47-33-52(82)18-21-56(47)45-9-6-11-51(81)32-45)72-61-39-65(59-37-53(83)19-22-57(59)71(61)90-64)87-30-7-10-50-40-79-77(80-78(50)49-17-20-58(63(84)36-49)73(78)91-72)43-75(24-4-5-25-75)76-28-27-74(42-76)26-23-44-15-16-46(68(44)74)35-66(76)77/h6,9,11,17-22,32-34,37-39,44,46,49-50,54,58,62-64,66-69,72-73,79-85H,2-5,8,12-16,23-31,35-36,40-43H2,1H3/t44-,46-,49-,50+,58+,62-,63+,64+,66-,67-,68+,69-,72+,73+,74+,76+,77-,78-/m1/s1. The van der Waals surface area contributed by atoms with E-state index in [0.717, 1.165) is 83.1 Å². The van der Waals surface area contributed by atoms with E-state index in [4.69, 9.17) is 33.7 Å². The van der Waals surface area contributed by atoms with E-state index >= 15 is 0 Å². The highest BCUT2D eigenvalue weighted by Gasteiger charge is 2.78. The van der Waals surface area contributed by atoms with Crippen LogP contribution in [-0.4, -0.2) is 94.6 Å². The van der Waals surface area contributed by atoms with Crippen molar-refractivity contribution in [1.82, 2.24) is 10.6 Å². The van der Waals surface area contributed by atoms with Gasteiger partial charge in [0.15, 0.2) is 0 Å². The Bertz CT molecular complexity index is 3810. The van der Waals surface area contributed by atoms with Gasteiger partial charge in [-0.3, -0.25) is 10.6 Å². The molecule has 7 N–H and O–H groups in total. The molecule has 13 nitrogen and oxygen atoms in total. The second-order valence-corrected chi connectivity index (χ2v) is 31.1. The minimum absolute atomic E-state index is 0.0301. The normalized spacial score (nSPS) is 39.1. The lowest BCUT2D eigenvalue weighted by Gasteiger charge is -2.65. The van der Waals surface area contributed by atoms with E-state index < -0.39 is 47.9 Å². The molecule has 10 aliphatic carbocycles. The number of rotatable bonds is 10. The Morgan fingerprint density at radius 3 is 2.45 bits per heavy atom. The summed E-state index contributed by atoms with van der Waals surface area (Å²) in [6.07, 6.45) is 24.8. The molecule has 14 aliphatic rings. The molecular formula is C78H90N2O11. The minimum Gasteiger partial charge on any atom is -0.508 e. The summed E-state index contributed by atoms with van der Waals surface area (Å²) in [5, 5.41) is 70.4. The highest BCUT2D eigenvalue weighted by atomic mass is 16.5. The van der Waals surface area contributed by atoms with Crippen LogP contribution in [0, 0.1) is 81.3 Å². The number of nitrogens with one attached hydrogen (secondary N) is 2. The lowest BCUT2D eigenvalue weighted by atomic mass is 9.54. The fourth-order valence-corrected chi connectivity index (χ4v) is 23.8.